The largest absolute Gasteiger partial charge is 0.319 e. The third-order valence-electron chi connectivity index (χ3n) is 2.62. The van der Waals surface area contributed by atoms with Crippen LogP contribution < -0.4 is 0 Å². The first kappa shape index (κ1) is 30.4. The minimum atomic E-state index is 0.623. The van der Waals surface area contributed by atoms with E-state index in [-0.39, 0.29) is 0 Å². The van der Waals surface area contributed by atoms with Crippen molar-refractivity contribution in [2.45, 2.75) is 45.4 Å². The van der Waals surface area contributed by atoms with Crippen molar-refractivity contribution in [3.05, 3.63) is 77.6 Å². The van der Waals surface area contributed by atoms with Gasteiger partial charge in [0.15, 0.2) is 0 Å². The second kappa shape index (κ2) is 29.4. The van der Waals surface area contributed by atoms with E-state index in [1.807, 2.05) is 24.3 Å². The molecule has 0 heterocycles. The molecule has 0 saturated heterocycles. The van der Waals surface area contributed by atoms with Crippen LogP contribution in [0, 0.1) is 25.1 Å². The van der Waals surface area contributed by atoms with E-state index in [4.69, 9.17) is 30.9 Å². The summed E-state index contributed by atoms with van der Waals surface area (Å²) < 4.78 is 15.9. The molecule has 0 spiro atoms. The molecule has 0 unspecified atom stereocenters. The molecule has 0 radical (unpaired) electrons. The smallest absolute Gasteiger partial charge is 0.288 e. The van der Waals surface area contributed by atoms with Crippen LogP contribution in [0.25, 0.3) is 0 Å². The van der Waals surface area contributed by atoms with Gasteiger partial charge in [0.25, 0.3) is 0 Å². The number of rotatable bonds is 5. The summed E-state index contributed by atoms with van der Waals surface area (Å²) in [6, 6.07) is 20.8. The molecule has 0 aliphatic rings. The summed E-state index contributed by atoms with van der Waals surface area (Å²) >= 11 is 15.7. The predicted octanol–water partition coefficient (Wildman–Crippen LogP) is 7.02. The molecule has 152 valence electrons. The summed E-state index contributed by atoms with van der Waals surface area (Å²) in [6.45, 7) is 6.02. The summed E-state index contributed by atoms with van der Waals surface area (Å²) in [7, 11) is 0. The molecule has 0 aliphatic heterocycles. The minimum Gasteiger partial charge on any atom is -0.319 e. The molecule has 2 aromatic rings. The van der Waals surface area contributed by atoms with Gasteiger partial charge < -0.3 is 19.1 Å². The van der Waals surface area contributed by atoms with Gasteiger partial charge in [-0.2, -0.15) is 47.8 Å². The maximum Gasteiger partial charge on any atom is -0.288 e. The predicted molar refractivity (Wildman–Crippen MR) is 99.5 cm³/mol. The van der Waals surface area contributed by atoms with Gasteiger partial charge in [-0.15, -0.1) is 6.07 Å². The van der Waals surface area contributed by atoms with Gasteiger partial charge in [-0.1, -0.05) is 49.1 Å². The van der Waals surface area contributed by atoms with Crippen LogP contribution in [-0.2, 0) is 39.1 Å². The van der Waals surface area contributed by atoms with Gasteiger partial charge >= 0.3 is 39.1 Å². The van der Waals surface area contributed by atoms with Gasteiger partial charge in [0.2, 0.25) is 0 Å². The van der Waals surface area contributed by atoms with Crippen LogP contribution in [0.4, 0.5) is 0 Å². The quantitative estimate of drug-likeness (QED) is 0.337. The number of hydrogen-bond donors (Lipinski definition) is 0. The summed E-state index contributed by atoms with van der Waals surface area (Å²) in [6.07, 6.45) is 7.98. The number of hydrogen-bond acceptors (Lipinski definition) is 2. The average molecular weight is 485 g/mol. The van der Waals surface area contributed by atoms with Crippen molar-refractivity contribution < 1.29 is 39.1 Å². The molecule has 0 amide bonds. The van der Waals surface area contributed by atoms with Gasteiger partial charge in [0.05, 0.1) is 0 Å². The van der Waals surface area contributed by atoms with E-state index >= 15 is 0 Å². The van der Waals surface area contributed by atoms with E-state index in [9.17, 15) is 0 Å². The van der Waals surface area contributed by atoms with E-state index in [2.05, 4.69) is 63.4 Å². The first-order chi connectivity index (χ1) is 12.7. The molecule has 2 aromatic carbocycles. The van der Waals surface area contributed by atoms with Crippen LogP contribution in [0.15, 0.2) is 42.5 Å². The fourth-order valence-corrected chi connectivity index (χ4v) is 1.92. The molecule has 2 nitrogen and oxygen atoms in total. The molecular formula is C20H24Cl2Co2O2-4. The van der Waals surface area contributed by atoms with Crippen molar-refractivity contribution in [3.63, 3.8) is 0 Å². The molecule has 2 rings (SSSR count). The van der Waals surface area contributed by atoms with Crippen LogP contribution in [0.3, 0.4) is 0 Å². The zero-order valence-electron chi connectivity index (χ0n) is 14.7. The van der Waals surface area contributed by atoms with Crippen LogP contribution in [0.2, 0.25) is 10.0 Å². The second-order valence-electron chi connectivity index (χ2n) is 4.64. The van der Waals surface area contributed by atoms with Gasteiger partial charge in [0.1, 0.15) is 0 Å². The third-order valence-corrected chi connectivity index (χ3v) is 3.06. The van der Waals surface area contributed by atoms with Gasteiger partial charge in [0, 0.05) is 0 Å². The van der Waals surface area contributed by atoms with E-state index in [1.54, 1.807) is 18.2 Å². The molecule has 0 fully saturated rings. The number of unbranched alkanes of at least 4 members (excludes halogenated alkanes) is 5. The van der Waals surface area contributed by atoms with E-state index in [1.165, 1.54) is 32.1 Å². The monoisotopic (exact) mass is 484 g/mol. The zero-order chi connectivity index (χ0) is 20.5. The fourth-order valence-electron chi connectivity index (χ4n) is 1.50. The second-order valence-corrected chi connectivity index (χ2v) is 5.51. The fraction of sp³-hybridized carbons (Fsp3) is 0.350. The van der Waals surface area contributed by atoms with Crippen molar-refractivity contribution >= 4 is 23.2 Å². The molecule has 0 atom stereocenters. The Labute approximate surface area is 184 Å². The molecule has 0 aliphatic carbocycles. The van der Waals surface area contributed by atoms with Crippen molar-refractivity contribution in [1.82, 2.24) is 0 Å². The van der Waals surface area contributed by atoms with E-state index < -0.39 is 0 Å². The first-order valence-corrected chi connectivity index (χ1v) is 9.52. The third kappa shape index (κ3) is 28.4. The Morgan fingerprint density at radius 3 is 1.50 bits per heavy atom. The van der Waals surface area contributed by atoms with E-state index in [0.29, 0.717) is 10.0 Å². The van der Waals surface area contributed by atoms with Crippen molar-refractivity contribution in [1.29, 1.82) is 0 Å². The minimum absolute atomic E-state index is 0.623. The van der Waals surface area contributed by atoms with Crippen LogP contribution in [0.5, 0.6) is 0 Å². The normalized spacial score (nSPS) is 8.08. The zero-order valence-corrected chi connectivity index (χ0v) is 18.3. The average Bonchev–Trinajstić information content (AvgIpc) is 2.71. The van der Waals surface area contributed by atoms with Gasteiger partial charge in [-0.25, -0.2) is 0 Å². The summed E-state index contributed by atoms with van der Waals surface area (Å²) in [4.78, 5) is 0. The van der Waals surface area contributed by atoms with Crippen molar-refractivity contribution in [3.8, 4) is 0 Å². The van der Waals surface area contributed by atoms with Crippen LogP contribution in [-0.4, -0.2) is 0 Å². The molecule has 0 N–H and O–H groups in total. The van der Waals surface area contributed by atoms with Crippen LogP contribution in [0.1, 0.15) is 45.4 Å². The summed E-state index contributed by atoms with van der Waals surface area (Å²) in [5.74, 6) is 0. The summed E-state index contributed by atoms with van der Waals surface area (Å²) in [5, 5.41) is 1.25. The molecule has 26 heavy (non-hydrogen) atoms. The topological polar surface area (TPSA) is 34.1 Å². The molecular weight excluding hydrogens is 461 g/mol. The Morgan fingerprint density at radius 1 is 0.808 bits per heavy atom. The Morgan fingerprint density at radius 2 is 1.23 bits per heavy atom. The van der Waals surface area contributed by atoms with Crippen molar-refractivity contribution in [2.75, 3.05) is 0 Å². The Balaban J connectivity index is -0.000000280. The summed E-state index contributed by atoms with van der Waals surface area (Å²) in [5.41, 5.74) is 0. The standard InChI is InChI=1S/C8H17.C6H3Cl2.C6H4.2Co.2O/c1-3-5-7-8-6-4-2;7-5-2-1-3-6(8)4-5;1-2-4-6-5-3-1;;;;/h1,3-8H2,2H3;2-4H;1-2,5-6H;;;;/q2*-1;-2;;;;. The molecule has 0 saturated carbocycles. The Bertz CT molecular complexity index is 436. The first-order valence-electron chi connectivity index (χ1n) is 7.91. The number of halogens is 2. The SMILES string of the molecule is Clc1c[c-]cc(Cl)c1.[CH2-]CCCCCCC.[O]=[Co].[O]=[Co].[c-]1cc[c-]cc1. The maximum atomic E-state index is 7.94. The van der Waals surface area contributed by atoms with Crippen molar-refractivity contribution in [2.24, 2.45) is 0 Å². The Hall–Kier alpha value is -0.367. The van der Waals surface area contributed by atoms with Gasteiger partial charge in [-0.3, -0.25) is 24.3 Å². The Kier molecular flexibility index (Phi) is 34.3. The van der Waals surface area contributed by atoms with Gasteiger partial charge in [-0.05, 0) is 0 Å². The molecule has 0 aromatic heterocycles. The van der Waals surface area contributed by atoms with E-state index in [0.717, 1.165) is 6.42 Å². The maximum absolute atomic E-state index is 7.94. The van der Waals surface area contributed by atoms with Crippen LogP contribution >= 0.6 is 23.2 Å². The molecule has 0 bridgehead atoms. The number of benzene rings is 2. The molecule has 6 heteroatoms.